The third-order valence-electron chi connectivity index (χ3n) is 4.99. The minimum absolute atomic E-state index is 0.00710. The molecule has 148 valence electrons. The first-order valence-corrected chi connectivity index (χ1v) is 10.4. The third-order valence-corrected chi connectivity index (χ3v) is 4.99. The number of hydrogen-bond donors (Lipinski definition) is 0. The summed E-state index contributed by atoms with van der Waals surface area (Å²) in [4.78, 5) is 11.4. The van der Waals surface area contributed by atoms with E-state index in [1.165, 1.54) is 71.3 Å². The van der Waals surface area contributed by atoms with Crippen LogP contribution >= 0.6 is 0 Å². The first-order valence-electron chi connectivity index (χ1n) is 10.4. The van der Waals surface area contributed by atoms with Crippen LogP contribution in [0.3, 0.4) is 0 Å². The number of esters is 1. The van der Waals surface area contributed by atoms with Crippen molar-refractivity contribution in [2.24, 2.45) is 0 Å². The Kier molecular flexibility index (Phi) is 11.4. The van der Waals surface area contributed by atoms with Crippen LogP contribution in [0.2, 0.25) is 0 Å². The zero-order chi connectivity index (χ0) is 18.5. The quantitative estimate of drug-likeness (QED) is 0.293. The Hall–Kier alpha value is -0.610. The maximum Gasteiger partial charge on any atom is 0.305 e. The SMILES string of the molecule is CCCCCCCCCCCC[C@@H]1OC(C)(C)O[C@@H]1CCC(=O)OC. The van der Waals surface area contributed by atoms with Gasteiger partial charge in [-0.3, -0.25) is 4.79 Å². The zero-order valence-electron chi connectivity index (χ0n) is 17.0. The van der Waals surface area contributed by atoms with Gasteiger partial charge in [0.05, 0.1) is 19.3 Å². The predicted molar refractivity (Wildman–Crippen MR) is 102 cm³/mol. The molecular weight excluding hydrogens is 316 g/mol. The molecule has 1 rings (SSSR count). The van der Waals surface area contributed by atoms with Crippen molar-refractivity contribution in [1.29, 1.82) is 0 Å². The van der Waals surface area contributed by atoms with Crippen LogP contribution in [0.5, 0.6) is 0 Å². The van der Waals surface area contributed by atoms with Crippen molar-refractivity contribution in [1.82, 2.24) is 0 Å². The number of rotatable bonds is 14. The highest BCUT2D eigenvalue weighted by Gasteiger charge is 2.40. The summed E-state index contributed by atoms with van der Waals surface area (Å²) in [6.07, 6.45) is 15.6. The van der Waals surface area contributed by atoms with Gasteiger partial charge in [0, 0.05) is 6.42 Å². The number of methoxy groups -OCH3 is 1. The lowest BCUT2D eigenvalue weighted by Crippen LogP contribution is -2.23. The van der Waals surface area contributed by atoms with E-state index in [0.29, 0.717) is 12.8 Å². The Bertz CT molecular complexity index is 354. The predicted octanol–water partition coefficient (Wildman–Crippen LogP) is 5.77. The molecule has 4 heteroatoms. The smallest absolute Gasteiger partial charge is 0.305 e. The summed E-state index contributed by atoms with van der Waals surface area (Å²) in [6, 6.07) is 0. The average molecular weight is 357 g/mol. The van der Waals surface area contributed by atoms with E-state index in [-0.39, 0.29) is 18.2 Å². The summed E-state index contributed by atoms with van der Waals surface area (Å²) in [5.74, 6) is -0.713. The van der Waals surface area contributed by atoms with Crippen molar-refractivity contribution < 1.29 is 19.0 Å². The minimum atomic E-state index is -0.538. The normalized spacial score (nSPS) is 22.2. The molecule has 0 aliphatic carbocycles. The zero-order valence-corrected chi connectivity index (χ0v) is 17.0. The van der Waals surface area contributed by atoms with Crippen LogP contribution in [0.1, 0.15) is 104 Å². The van der Waals surface area contributed by atoms with Gasteiger partial charge in [0.15, 0.2) is 5.79 Å². The molecule has 0 radical (unpaired) electrons. The van der Waals surface area contributed by atoms with Crippen molar-refractivity contribution in [3.63, 3.8) is 0 Å². The second kappa shape index (κ2) is 12.7. The maximum absolute atomic E-state index is 11.4. The second-order valence-corrected chi connectivity index (χ2v) is 7.80. The molecule has 1 saturated heterocycles. The van der Waals surface area contributed by atoms with Crippen LogP contribution in [0.25, 0.3) is 0 Å². The highest BCUT2D eigenvalue weighted by molar-refractivity contribution is 5.69. The van der Waals surface area contributed by atoms with Gasteiger partial charge in [0.25, 0.3) is 0 Å². The van der Waals surface area contributed by atoms with Crippen molar-refractivity contribution >= 4 is 5.97 Å². The van der Waals surface area contributed by atoms with Crippen LogP contribution in [0, 0.1) is 0 Å². The van der Waals surface area contributed by atoms with Crippen LogP contribution in [0.4, 0.5) is 0 Å². The highest BCUT2D eigenvalue weighted by Crippen LogP contribution is 2.33. The fourth-order valence-electron chi connectivity index (χ4n) is 3.59. The second-order valence-electron chi connectivity index (χ2n) is 7.80. The lowest BCUT2D eigenvalue weighted by atomic mass is 10.0. The fourth-order valence-corrected chi connectivity index (χ4v) is 3.59. The minimum Gasteiger partial charge on any atom is -0.469 e. The summed E-state index contributed by atoms with van der Waals surface area (Å²) in [5, 5.41) is 0. The first-order chi connectivity index (χ1) is 12.0. The van der Waals surface area contributed by atoms with Crippen molar-refractivity contribution in [3.05, 3.63) is 0 Å². The van der Waals surface area contributed by atoms with E-state index in [9.17, 15) is 4.79 Å². The molecule has 0 unspecified atom stereocenters. The summed E-state index contributed by atoms with van der Waals surface area (Å²) >= 11 is 0. The van der Waals surface area contributed by atoms with Gasteiger partial charge < -0.3 is 14.2 Å². The Labute approximate surface area is 155 Å². The monoisotopic (exact) mass is 356 g/mol. The maximum atomic E-state index is 11.4. The molecule has 0 spiro atoms. The summed E-state index contributed by atoms with van der Waals surface area (Å²) in [7, 11) is 1.43. The Balaban J connectivity index is 2.11. The molecule has 1 heterocycles. The molecule has 0 saturated carbocycles. The molecule has 1 aliphatic rings. The molecule has 4 nitrogen and oxygen atoms in total. The van der Waals surface area contributed by atoms with E-state index >= 15 is 0 Å². The fraction of sp³-hybridized carbons (Fsp3) is 0.952. The molecule has 0 aromatic rings. The van der Waals surface area contributed by atoms with Gasteiger partial charge in [-0.1, -0.05) is 71.1 Å². The van der Waals surface area contributed by atoms with Gasteiger partial charge in [-0.25, -0.2) is 0 Å². The molecule has 2 atom stereocenters. The van der Waals surface area contributed by atoms with Gasteiger partial charge in [0.2, 0.25) is 0 Å². The Morgan fingerprint density at radius 2 is 1.32 bits per heavy atom. The van der Waals surface area contributed by atoms with E-state index in [1.54, 1.807) is 0 Å². The van der Waals surface area contributed by atoms with Crippen molar-refractivity contribution in [2.45, 2.75) is 122 Å². The number of carbonyl (C=O) groups is 1. The van der Waals surface area contributed by atoms with Crippen molar-refractivity contribution in [2.75, 3.05) is 7.11 Å². The highest BCUT2D eigenvalue weighted by atomic mass is 16.7. The van der Waals surface area contributed by atoms with Crippen LogP contribution in [-0.4, -0.2) is 31.1 Å². The van der Waals surface area contributed by atoms with Gasteiger partial charge in [-0.05, 0) is 26.7 Å². The van der Waals surface area contributed by atoms with Gasteiger partial charge in [-0.2, -0.15) is 0 Å². The molecule has 0 N–H and O–H groups in total. The lowest BCUT2D eigenvalue weighted by Gasteiger charge is -2.16. The summed E-state index contributed by atoms with van der Waals surface area (Å²) in [5.41, 5.74) is 0. The number of ether oxygens (including phenoxy) is 3. The molecule has 0 bridgehead atoms. The average Bonchev–Trinajstić information content (AvgIpc) is 2.88. The summed E-state index contributed by atoms with van der Waals surface area (Å²) < 4.78 is 16.7. The molecule has 0 aromatic heterocycles. The Morgan fingerprint density at radius 1 is 0.840 bits per heavy atom. The molecular formula is C21H40O4. The van der Waals surface area contributed by atoms with Gasteiger partial charge in [-0.15, -0.1) is 0 Å². The third kappa shape index (κ3) is 10.2. The molecule has 25 heavy (non-hydrogen) atoms. The summed E-state index contributed by atoms with van der Waals surface area (Å²) in [6.45, 7) is 6.17. The van der Waals surface area contributed by atoms with Gasteiger partial charge in [0.1, 0.15) is 0 Å². The first kappa shape index (κ1) is 22.4. The van der Waals surface area contributed by atoms with E-state index in [0.717, 1.165) is 6.42 Å². The standard InChI is InChI=1S/C21H40O4/c1-5-6-7-8-9-10-11-12-13-14-15-18-19(16-17-20(22)23-4)25-21(2,3)24-18/h18-19H,5-17H2,1-4H3/t18-,19+/m0/s1. The number of carbonyl (C=O) groups excluding carboxylic acids is 1. The van der Waals surface area contributed by atoms with E-state index in [1.807, 2.05) is 13.8 Å². The van der Waals surface area contributed by atoms with E-state index in [2.05, 4.69) is 6.92 Å². The van der Waals surface area contributed by atoms with E-state index in [4.69, 9.17) is 14.2 Å². The molecule has 1 fully saturated rings. The van der Waals surface area contributed by atoms with Crippen LogP contribution in [-0.2, 0) is 19.0 Å². The molecule has 0 aromatic carbocycles. The number of unbranched alkanes of at least 4 members (excludes halogenated alkanes) is 9. The lowest BCUT2D eigenvalue weighted by molar-refractivity contribution is -0.150. The topological polar surface area (TPSA) is 44.8 Å². The van der Waals surface area contributed by atoms with Crippen molar-refractivity contribution in [3.8, 4) is 0 Å². The molecule has 1 aliphatic heterocycles. The Morgan fingerprint density at radius 3 is 1.84 bits per heavy atom. The number of hydrogen-bond acceptors (Lipinski definition) is 4. The molecule has 0 amide bonds. The van der Waals surface area contributed by atoms with Crippen LogP contribution < -0.4 is 0 Å². The van der Waals surface area contributed by atoms with E-state index < -0.39 is 5.79 Å². The van der Waals surface area contributed by atoms with Crippen LogP contribution in [0.15, 0.2) is 0 Å². The van der Waals surface area contributed by atoms with Gasteiger partial charge >= 0.3 is 5.97 Å². The largest absolute Gasteiger partial charge is 0.469 e.